The number of rotatable bonds is 4. The number of nitrogens with one attached hydrogen (secondary N) is 1. The first-order valence-electron chi connectivity index (χ1n) is 6.37. The lowest BCUT2D eigenvalue weighted by Gasteiger charge is -2.15. The maximum atomic E-state index is 12.2. The van der Waals surface area contributed by atoms with Gasteiger partial charge in [0.05, 0.1) is 0 Å². The molecule has 0 spiro atoms. The van der Waals surface area contributed by atoms with Crippen LogP contribution in [0.1, 0.15) is 18.5 Å². The summed E-state index contributed by atoms with van der Waals surface area (Å²) >= 11 is 4.87. The summed E-state index contributed by atoms with van der Waals surface area (Å²) in [7, 11) is 0. The van der Waals surface area contributed by atoms with E-state index in [0.29, 0.717) is 10.7 Å². The third-order valence-electron chi connectivity index (χ3n) is 3.08. The molecule has 21 heavy (non-hydrogen) atoms. The number of carbonyl (C=O) groups excluding carboxylic acids is 1. The Morgan fingerprint density at radius 3 is 2.48 bits per heavy atom. The molecule has 1 atom stereocenters. The summed E-state index contributed by atoms with van der Waals surface area (Å²) in [6.45, 7) is 1.67. The zero-order valence-electron chi connectivity index (χ0n) is 11.4. The van der Waals surface area contributed by atoms with E-state index in [9.17, 15) is 9.59 Å². The molecule has 5 nitrogen and oxygen atoms in total. The molecule has 0 aliphatic heterocycles. The molecule has 1 aromatic heterocycles. The summed E-state index contributed by atoms with van der Waals surface area (Å²) in [5, 5.41) is 2.75. The largest absolute Gasteiger partial charge is 0.389 e. The van der Waals surface area contributed by atoms with Crippen LogP contribution >= 0.6 is 12.2 Å². The minimum Gasteiger partial charge on any atom is -0.389 e. The highest BCUT2D eigenvalue weighted by Gasteiger charge is 2.15. The number of hydrogen-bond donors (Lipinski definition) is 2. The number of amides is 1. The van der Waals surface area contributed by atoms with Gasteiger partial charge in [0.25, 0.3) is 5.56 Å². The number of nitrogens with two attached hydrogens (primary N) is 1. The molecule has 2 aromatic rings. The summed E-state index contributed by atoms with van der Waals surface area (Å²) in [5.41, 5.74) is 6.65. The van der Waals surface area contributed by atoms with Gasteiger partial charge in [0.15, 0.2) is 0 Å². The third-order valence-corrected chi connectivity index (χ3v) is 3.32. The Bertz CT molecular complexity index is 722. The molecular formula is C15H15N3O2S. The fraction of sp³-hybridized carbons (Fsp3) is 0.133. The van der Waals surface area contributed by atoms with Crippen molar-refractivity contribution in [3.8, 4) is 0 Å². The Labute approximate surface area is 127 Å². The Balaban J connectivity index is 2.12. The molecule has 0 radical (unpaired) electrons. The van der Waals surface area contributed by atoms with Crippen molar-refractivity contribution >= 4 is 28.8 Å². The Hall–Kier alpha value is -2.47. The number of aromatic nitrogens is 1. The molecule has 0 aliphatic carbocycles. The second-order valence-corrected chi connectivity index (χ2v) is 4.99. The topological polar surface area (TPSA) is 77.1 Å². The maximum Gasteiger partial charge on any atom is 0.251 e. The standard InChI is InChI=1S/C15H15N3O2S/c1-10(18-9-3-2-4-13(18)19)15(20)17-12-7-5-11(6-8-12)14(16)21/h2-10H,1H3,(H2,16,21)(H,17,20). The zero-order chi connectivity index (χ0) is 15.4. The fourth-order valence-electron chi connectivity index (χ4n) is 1.85. The average molecular weight is 301 g/mol. The molecule has 0 bridgehead atoms. The monoisotopic (exact) mass is 301 g/mol. The Morgan fingerprint density at radius 2 is 1.90 bits per heavy atom. The molecule has 0 fully saturated rings. The molecule has 0 aliphatic rings. The smallest absolute Gasteiger partial charge is 0.251 e. The number of pyridine rings is 1. The van der Waals surface area contributed by atoms with Gasteiger partial charge < -0.3 is 15.6 Å². The number of nitrogens with zero attached hydrogens (tertiary/aromatic N) is 1. The molecule has 1 amide bonds. The molecule has 0 saturated heterocycles. The van der Waals surface area contributed by atoms with Gasteiger partial charge in [-0.15, -0.1) is 0 Å². The molecule has 0 saturated carbocycles. The van der Waals surface area contributed by atoms with Gasteiger partial charge in [-0.1, -0.05) is 18.3 Å². The molecular weight excluding hydrogens is 286 g/mol. The van der Waals surface area contributed by atoms with Gasteiger partial charge in [0.2, 0.25) is 5.91 Å². The van der Waals surface area contributed by atoms with Crippen LogP contribution in [-0.2, 0) is 4.79 Å². The van der Waals surface area contributed by atoms with Crippen LogP contribution in [0.15, 0.2) is 53.5 Å². The van der Waals surface area contributed by atoms with E-state index in [0.717, 1.165) is 5.56 Å². The van der Waals surface area contributed by atoms with Gasteiger partial charge in [0.1, 0.15) is 11.0 Å². The van der Waals surface area contributed by atoms with Crippen molar-refractivity contribution in [2.24, 2.45) is 5.73 Å². The van der Waals surface area contributed by atoms with Crippen molar-refractivity contribution in [2.45, 2.75) is 13.0 Å². The highest BCUT2D eigenvalue weighted by Crippen LogP contribution is 2.12. The summed E-state index contributed by atoms with van der Waals surface area (Å²) in [6.07, 6.45) is 1.59. The van der Waals surface area contributed by atoms with E-state index in [2.05, 4.69) is 5.32 Å². The first kappa shape index (κ1) is 14.9. The third kappa shape index (κ3) is 3.55. The molecule has 1 heterocycles. The van der Waals surface area contributed by atoms with E-state index in [-0.39, 0.29) is 11.5 Å². The Kier molecular flexibility index (Phi) is 4.49. The Morgan fingerprint density at radius 1 is 1.24 bits per heavy atom. The lowest BCUT2D eigenvalue weighted by atomic mass is 10.2. The van der Waals surface area contributed by atoms with Gasteiger partial charge in [-0.2, -0.15) is 0 Å². The van der Waals surface area contributed by atoms with Crippen LogP contribution < -0.4 is 16.6 Å². The van der Waals surface area contributed by atoms with Crippen molar-refractivity contribution in [3.63, 3.8) is 0 Å². The van der Waals surface area contributed by atoms with Gasteiger partial charge in [-0.25, -0.2) is 0 Å². The van der Waals surface area contributed by atoms with Crippen LogP contribution in [0.5, 0.6) is 0 Å². The van der Waals surface area contributed by atoms with Gasteiger partial charge in [-0.05, 0) is 37.3 Å². The van der Waals surface area contributed by atoms with E-state index in [1.54, 1.807) is 49.5 Å². The number of hydrogen-bond acceptors (Lipinski definition) is 3. The van der Waals surface area contributed by atoms with Crippen LogP contribution in [0.4, 0.5) is 5.69 Å². The first-order valence-corrected chi connectivity index (χ1v) is 6.78. The van der Waals surface area contributed by atoms with E-state index in [4.69, 9.17) is 18.0 Å². The van der Waals surface area contributed by atoms with Gasteiger partial charge in [0, 0.05) is 23.5 Å². The van der Waals surface area contributed by atoms with Crippen molar-refractivity contribution in [2.75, 3.05) is 5.32 Å². The highest BCUT2D eigenvalue weighted by molar-refractivity contribution is 7.80. The lowest BCUT2D eigenvalue weighted by molar-refractivity contribution is -0.118. The molecule has 1 unspecified atom stereocenters. The average Bonchev–Trinajstić information content (AvgIpc) is 2.47. The van der Waals surface area contributed by atoms with Crippen LogP contribution in [0, 0.1) is 0 Å². The maximum absolute atomic E-state index is 12.2. The second kappa shape index (κ2) is 6.32. The highest BCUT2D eigenvalue weighted by atomic mass is 32.1. The SMILES string of the molecule is CC(C(=O)Nc1ccc(C(N)=S)cc1)n1ccccc1=O. The molecule has 108 valence electrons. The zero-order valence-corrected chi connectivity index (χ0v) is 12.3. The van der Waals surface area contributed by atoms with Crippen molar-refractivity contribution in [1.82, 2.24) is 4.57 Å². The predicted molar refractivity (Wildman–Crippen MR) is 86.4 cm³/mol. The number of thiocarbonyl (C=S) groups is 1. The summed E-state index contributed by atoms with van der Waals surface area (Å²) in [5.74, 6) is -0.272. The number of carbonyl (C=O) groups is 1. The van der Waals surface area contributed by atoms with Crippen LogP contribution in [-0.4, -0.2) is 15.5 Å². The van der Waals surface area contributed by atoms with E-state index < -0.39 is 6.04 Å². The van der Waals surface area contributed by atoms with Crippen LogP contribution in [0.25, 0.3) is 0 Å². The quantitative estimate of drug-likeness (QED) is 0.842. The second-order valence-electron chi connectivity index (χ2n) is 4.55. The van der Waals surface area contributed by atoms with E-state index in [1.807, 2.05) is 0 Å². The molecule has 2 rings (SSSR count). The summed E-state index contributed by atoms with van der Waals surface area (Å²) in [4.78, 5) is 24.2. The minimum absolute atomic E-state index is 0.219. The lowest BCUT2D eigenvalue weighted by Crippen LogP contribution is -2.30. The van der Waals surface area contributed by atoms with Crippen molar-refractivity contribution < 1.29 is 4.79 Å². The van der Waals surface area contributed by atoms with E-state index in [1.165, 1.54) is 10.6 Å². The fourth-order valence-corrected chi connectivity index (χ4v) is 1.99. The molecule has 6 heteroatoms. The van der Waals surface area contributed by atoms with Crippen LogP contribution in [0.2, 0.25) is 0 Å². The minimum atomic E-state index is -0.603. The van der Waals surface area contributed by atoms with Crippen molar-refractivity contribution in [1.29, 1.82) is 0 Å². The molecule has 1 aromatic carbocycles. The van der Waals surface area contributed by atoms with Crippen molar-refractivity contribution in [3.05, 3.63) is 64.6 Å². The first-order chi connectivity index (χ1) is 9.99. The molecule has 3 N–H and O–H groups in total. The van der Waals surface area contributed by atoms with Crippen LogP contribution in [0.3, 0.4) is 0 Å². The van der Waals surface area contributed by atoms with Gasteiger partial charge >= 0.3 is 0 Å². The summed E-state index contributed by atoms with van der Waals surface area (Å²) in [6, 6.07) is 11.1. The number of benzene rings is 1. The number of anilines is 1. The van der Waals surface area contributed by atoms with Gasteiger partial charge in [-0.3, -0.25) is 9.59 Å². The summed E-state index contributed by atoms with van der Waals surface area (Å²) < 4.78 is 1.37. The normalized spacial score (nSPS) is 11.7. The predicted octanol–water partition coefficient (Wildman–Crippen LogP) is 1.68. The van der Waals surface area contributed by atoms with E-state index >= 15 is 0 Å².